The van der Waals surface area contributed by atoms with Gasteiger partial charge in [-0.25, -0.2) is 8.42 Å². The van der Waals surface area contributed by atoms with E-state index < -0.39 is 16.0 Å². The Balaban J connectivity index is 0.00000585. The third kappa shape index (κ3) is 11.5. The predicted octanol–water partition coefficient (Wildman–Crippen LogP) is 11.5. The Labute approximate surface area is 376 Å². The van der Waals surface area contributed by atoms with E-state index in [-0.39, 0.29) is 37.6 Å². The molecular formula is C52H50N2O3SY-2. The first-order valence-electron chi connectivity index (χ1n) is 19.8. The third-order valence-electron chi connectivity index (χ3n) is 10.7. The second-order valence-corrected chi connectivity index (χ2v) is 17.0. The molecule has 0 spiro atoms. The van der Waals surface area contributed by atoms with Crippen LogP contribution in [0.25, 0.3) is 0 Å². The molecule has 0 fully saturated rings. The summed E-state index contributed by atoms with van der Waals surface area (Å²) in [4.78, 5) is 4.51. The summed E-state index contributed by atoms with van der Waals surface area (Å²) in [5, 5.41) is 0. The van der Waals surface area contributed by atoms with Gasteiger partial charge in [-0.2, -0.15) is 23.8 Å². The van der Waals surface area contributed by atoms with Crippen molar-refractivity contribution in [1.29, 1.82) is 0 Å². The van der Waals surface area contributed by atoms with Crippen molar-refractivity contribution in [2.75, 3.05) is 9.80 Å². The van der Waals surface area contributed by atoms with Crippen LogP contribution in [0.5, 0.6) is 0 Å². The van der Waals surface area contributed by atoms with Crippen molar-refractivity contribution in [3.8, 4) is 0 Å². The molecule has 0 aliphatic heterocycles. The van der Waals surface area contributed by atoms with Gasteiger partial charge in [0.15, 0.2) is 0 Å². The normalized spacial score (nSPS) is 11.3. The summed E-state index contributed by atoms with van der Waals surface area (Å²) >= 11 is 0. The van der Waals surface area contributed by atoms with Crippen LogP contribution in [-0.2, 0) is 69.0 Å². The predicted molar refractivity (Wildman–Crippen MR) is 236 cm³/mol. The molecule has 7 rings (SSSR count). The molecule has 0 unspecified atom stereocenters. The zero-order chi connectivity index (χ0) is 40.8. The van der Waals surface area contributed by atoms with Crippen LogP contribution in [0.2, 0.25) is 0 Å². The molecule has 0 N–H and O–H groups in total. The third-order valence-corrected chi connectivity index (χ3v) is 11.6. The summed E-state index contributed by atoms with van der Waals surface area (Å²) in [5.41, 5.74) is 14.5. The minimum Gasteiger partial charge on any atom is -0.746 e. The number of benzene rings is 7. The van der Waals surface area contributed by atoms with Gasteiger partial charge >= 0.3 is 0 Å². The Morgan fingerprint density at radius 3 is 1.15 bits per heavy atom. The van der Waals surface area contributed by atoms with Gasteiger partial charge in [0.05, 0.1) is 0 Å². The SMILES string of the molecule is Cc1[c-]cc(C(c2ccc(N(Cc3cccc(C)c3)Cc3cccc(C)c3)cc2)c2ccc(N(Cc3cccc(C)c3)Cc3cccc(C)c3)cc2)c(S(=O)(=O)[O-])c1.[Y]. The van der Waals surface area contributed by atoms with Gasteiger partial charge < -0.3 is 14.4 Å². The maximum atomic E-state index is 12.9. The van der Waals surface area contributed by atoms with Crippen molar-refractivity contribution < 1.29 is 45.7 Å². The second kappa shape index (κ2) is 19.5. The molecule has 7 heteroatoms. The van der Waals surface area contributed by atoms with Gasteiger partial charge in [-0.3, -0.25) is 0 Å². The summed E-state index contributed by atoms with van der Waals surface area (Å²) in [6.45, 7) is 13.1. The van der Waals surface area contributed by atoms with Crippen molar-refractivity contribution in [3.63, 3.8) is 0 Å². The molecule has 59 heavy (non-hydrogen) atoms. The molecule has 1 radical (unpaired) electrons. The molecule has 0 aliphatic carbocycles. The zero-order valence-electron chi connectivity index (χ0n) is 34.5. The Morgan fingerprint density at radius 1 is 0.508 bits per heavy atom. The standard InChI is InChI=1S/C52H51N2O3S.Y/c1-37-10-6-14-42(28-37)33-53(34-43-15-7-11-38(2)29-43)48-23-19-46(20-24-48)52(50-27-18-41(5)32-51(50)58(55,56)57)47-21-25-49(26-22-47)54(35-44-16-8-12-39(3)30-44)36-45-17-9-13-40(4)31-45;/h6-17,19-32,52H,33-36H2,1-5H3,(H,55,56,57);/q-1;/p-1. The van der Waals surface area contributed by atoms with Crippen molar-refractivity contribution in [1.82, 2.24) is 0 Å². The quantitative estimate of drug-likeness (QED) is 0.0619. The summed E-state index contributed by atoms with van der Waals surface area (Å²) in [7, 11) is -4.80. The molecule has 0 aliphatic rings. The van der Waals surface area contributed by atoms with E-state index in [1.54, 1.807) is 13.0 Å². The Kier molecular flexibility index (Phi) is 14.4. The first kappa shape index (κ1) is 43.7. The smallest absolute Gasteiger partial charge is 0.101 e. The van der Waals surface area contributed by atoms with Crippen LogP contribution >= 0.6 is 0 Å². The summed E-state index contributed by atoms with van der Waals surface area (Å²) in [6, 6.07) is 57.4. The number of hydrogen-bond donors (Lipinski definition) is 0. The molecule has 0 saturated carbocycles. The zero-order valence-corrected chi connectivity index (χ0v) is 38.2. The van der Waals surface area contributed by atoms with Crippen LogP contribution in [0.1, 0.15) is 72.7 Å². The fourth-order valence-corrected chi connectivity index (χ4v) is 8.72. The van der Waals surface area contributed by atoms with Gasteiger partial charge in [0, 0.05) is 70.3 Å². The van der Waals surface area contributed by atoms with Gasteiger partial charge in [-0.15, -0.1) is 5.56 Å². The molecule has 0 bridgehead atoms. The fraction of sp³-hybridized carbons (Fsp3) is 0.192. The number of nitrogens with zero attached hydrogens (tertiary/aromatic N) is 2. The average molecular weight is 872 g/mol. The van der Waals surface area contributed by atoms with Gasteiger partial charge in [0.2, 0.25) is 0 Å². The van der Waals surface area contributed by atoms with Crippen molar-refractivity contribution >= 4 is 21.5 Å². The molecule has 5 nitrogen and oxygen atoms in total. The van der Waals surface area contributed by atoms with E-state index in [1.165, 1.54) is 50.6 Å². The monoisotopic (exact) mass is 871 g/mol. The number of aryl methyl sites for hydroxylation is 5. The Bertz CT molecular complexity index is 2390. The van der Waals surface area contributed by atoms with Crippen LogP contribution in [0, 0.1) is 40.7 Å². The minimum atomic E-state index is -4.80. The molecule has 7 aromatic carbocycles. The van der Waals surface area contributed by atoms with Gasteiger partial charge in [0.1, 0.15) is 10.1 Å². The van der Waals surface area contributed by atoms with E-state index in [0.29, 0.717) is 37.3 Å². The topological polar surface area (TPSA) is 63.7 Å². The fourth-order valence-electron chi connectivity index (χ4n) is 7.93. The van der Waals surface area contributed by atoms with Crippen molar-refractivity contribution in [2.45, 2.75) is 71.6 Å². The first-order chi connectivity index (χ1) is 27.9. The van der Waals surface area contributed by atoms with E-state index in [2.05, 4.69) is 189 Å². The van der Waals surface area contributed by atoms with E-state index >= 15 is 0 Å². The van der Waals surface area contributed by atoms with Crippen LogP contribution in [-0.4, -0.2) is 13.0 Å². The number of hydrogen-bond acceptors (Lipinski definition) is 5. The molecule has 0 aromatic heterocycles. The summed E-state index contributed by atoms with van der Waals surface area (Å²) in [6.07, 6.45) is 0. The Hall–Kier alpha value is -4.85. The molecule has 0 amide bonds. The largest absolute Gasteiger partial charge is 0.746 e. The first-order valence-corrected chi connectivity index (χ1v) is 21.2. The Morgan fingerprint density at radius 2 is 0.847 bits per heavy atom. The van der Waals surface area contributed by atoms with Crippen molar-refractivity contribution in [2.24, 2.45) is 0 Å². The van der Waals surface area contributed by atoms with Gasteiger partial charge in [-0.1, -0.05) is 151 Å². The van der Waals surface area contributed by atoms with Gasteiger partial charge in [-0.05, 0) is 96.2 Å². The van der Waals surface area contributed by atoms with Crippen LogP contribution in [0.4, 0.5) is 11.4 Å². The molecular weight excluding hydrogens is 822 g/mol. The maximum absolute atomic E-state index is 12.9. The molecule has 297 valence electrons. The number of anilines is 2. The minimum absolute atomic E-state index is 0. The molecule has 7 aromatic rings. The number of rotatable bonds is 14. The van der Waals surface area contributed by atoms with E-state index in [0.717, 1.165) is 22.5 Å². The van der Waals surface area contributed by atoms with E-state index in [1.807, 2.05) is 0 Å². The van der Waals surface area contributed by atoms with Crippen LogP contribution in [0.15, 0.2) is 163 Å². The average Bonchev–Trinajstić information content (AvgIpc) is 3.18. The van der Waals surface area contributed by atoms with E-state index in [9.17, 15) is 13.0 Å². The van der Waals surface area contributed by atoms with E-state index in [4.69, 9.17) is 0 Å². The molecule has 0 saturated heterocycles. The summed E-state index contributed by atoms with van der Waals surface area (Å²) < 4.78 is 38.6. The molecule has 0 heterocycles. The van der Waals surface area contributed by atoms with Crippen molar-refractivity contribution in [3.05, 3.63) is 231 Å². The maximum Gasteiger partial charge on any atom is 0.101 e. The molecule has 0 atom stereocenters. The van der Waals surface area contributed by atoms with Crippen LogP contribution < -0.4 is 9.80 Å². The summed E-state index contributed by atoms with van der Waals surface area (Å²) in [5.74, 6) is -0.539. The van der Waals surface area contributed by atoms with Gasteiger partial charge in [0.25, 0.3) is 0 Å². The van der Waals surface area contributed by atoms with Crippen LogP contribution in [0.3, 0.4) is 0 Å². The second-order valence-electron chi connectivity index (χ2n) is 15.7.